The molecule has 5 heteroatoms. The second-order valence-electron chi connectivity index (χ2n) is 3.54. The van der Waals surface area contributed by atoms with Crippen molar-refractivity contribution in [3.63, 3.8) is 0 Å². The monoisotopic (exact) mass is 252 g/mol. The highest BCUT2D eigenvalue weighted by atomic mass is 16.5. The summed E-state index contributed by atoms with van der Waals surface area (Å²) in [7, 11) is 0. The summed E-state index contributed by atoms with van der Waals surface area (Å²) in [5.74, 6) is 0.802. The Hall–Kier alpha value is -1.75. The molecular formula is C13H20N2O3. The summed E-state index contributed by atoms with van der Waals surface area (Å²) in [6.45, 7) is 4.54. The minimum atomic E-state index is -0.202. The molecule has 0 radical (unpaired) electrons. The number of nitrogens with one attached hydrogen (secondary N) is 2. The summed E-state index contributed by atoms with van der Waals surface area (Å²) < 4.78 is 10.5. The van der Waals surface area contributed by atoms with Gasteiger partial charge < -0.3 is 20.1 Å². The van der Waals surface area contributed by atoms with Gasteiger partial charge in [-0.25, -0.2) is 4.79 Å². The van der Waals surface area contributed by atoms with Gasteiger partial charge in [-0.1, -0.05) is 18.2 Å². The number of para-hydroxylation sites is 1. The zero-order chi connectivity index (χ0) is 13.1. The van der Waals surface area contributed by atoms with Crippen molar-refractivity contribution < 1.29 is 14.3 Å². The number of benzene rings is 1. The first kappa shape index (κ1) is 14.3. The van der Waals surface area contributed by atoms with Gasteiger partial charge in [-0.15, -0.1) is 0 Å². The van der Waals surface area contributed by atoms with Gasteiger partial charge in [-0.2, -0.15) is 0 Å². The van der Waals surface area contributed by atoms with Crippen molar-refractivity contribution in [1.82, 2.24) is 10.6 Å². The first-order chi connectivity index (χ1) is 8.83. The van der Waals surface area contributed by atoms with Gasteiger partial charge in [0.2, 0.25) is 0 Å². The predicted molar refractivity (Wildman–Crippen MR) is 69.8 cm³/mol. The highest BCUT2D eigenvalue weighted by molar-refractivity contribution is 5.73. The van der Waals surface area contributed by atoms with Crippen molar-refractivity contribution in [3.05, 3.63) is 30.3 Å². The molecule has 1 rings (SSSR count). The first-order valence-electron chi connectivity index (χ1n) is 6.10. The molecule has 0 fully saturated rings. The highest BCUT2D eigenvalue weighted by Gasteiger charge is 1.98. The van der Waals surface area contributed by atoms with Gasteiger partial charge in [0.1, 0.15) is 12.4 Å². The number of urea groups is 1. The van der Waals surface area contributed by atoms with E-state index in [9.17, 15) is 4.79 Å². The normalized spacial score (nSPS) is 9.83. The van der Waals surface area contributed by atoms with Crippen LogP contribution in [0.15, 0.2) is 30.3 Å². The molecule has 5 nitrogen and oxygen atoms in total. The maximum absolute atomic E-state index is 11.3. The second-order valence-corrected chi connectivity index (χ2v) is 3.54. The third kappa shape index (κ3) is 6.75. The molecule has 0 atom stereocenters. The topological polar surface area (TPSA) is 59.6 Å². The maximum atomic E-state index is 11.3. The van der Waals surface area contributed by atoms with E-state index >= 15 is 0 Å². The van der Waals surface area contributed by atoms with E-state index in [2.05, 4.69) is 10.6 Å². The van der Waals surface area contributed by atoms with Crippen LogP contribution in [0.25, 0.3) is 0 Å². The minimum absolute atomic E-state index is 0.202. The van der Waals surface area contributed by atoms with Crippen molar-refractivity contribution in [2.24, 2.45) is 0 Å². The van der Waals surface area contributed by atoms with E-state index in [1.54, 1.807) is 0 Å². The zero-order valence-electron chi connectivity index (χ0n) is 10.6. The molecule has 0 aliphatic heterocycles. The SMILES string of the molecule is CCOCCNC(=O)NCCOc1ccccc1. The Labute approximate surface area is 107 Å². The summed E-state index contributed by atoms with van der Waals surface area (Å²) in [6.07, 6.45) is 0. The van der Waals surface area contributed by atoms with Gasteiger partial charge in [-0.05, 0) is 19.1 Å². The molecule has 0 saturated heterocycles. The van der Waals surface area contributed by atoms with Gasteiger partial charge in [0.05, 0.1) is 13.2 Å². The van der Waals surface area contributed by atoms with Crippen molar-refractivity contribution in [2.45, 2.75) is 6.92 Å². The van der Waals surface area contributed by atoms with Crippen molar-refractivity contribution >= 4 is 6.03 Å². The van der Waals surface area contributed by atoms with Crippen LogP contribution >= 0.6 is 0 Å². The molecule has 0 aliphatic rings. The lowest BCUT2D eigenvalue weighted by atomic mass is 10.3. The maximum Gasteiger partial charge on any atom is 0.314 e. The summed E-state index contributed by atoms with van der Waals surface area (Å²) in [6, 6.07) is 9.29. The summed E-state index contributed by atoms with van der Waals surface area (Å²) in [4.78, 5) is 11.3. The molecule has 0 unspecified atom stereocenters. The Balaban J connectivity index is 1.99. The lowest BCUT2D eigenvalue weighted by Gasteiger charge is -2.08. The molecular weight excluding hydrogens is 232 g/mol. The predicted octanol–water partition coefficient (Wildman–Crippen LogP) is 1.40. The molecule has 0 spiro atoms. The third-order valence-corrected chi connectivity index (χ3v) is 2.14. The molecule has 18 heavy (non-hydrogen) atoms. The number of rotatable bonds is 8. The summed E-state index contributed by atoms with van der Waals surface area (Å²) in [5, 5.41) is 5.38. The van der Waals surface area contributed by atoms with Crippen LogP contribution in [0.5, 0.6) is 5.75 Å². The molecule has 0 aliphatic carbocycles. The number of ether oxygens (including phenoxy) is 2. The van der Waals surface area contributed by atoms with E-state index in [1.165, 1.54) is 0 Å². The Bertz CT molecular complexity index is 330. The Morgan fingerprint density at radius 1 is 1.11 bits per heavy atom. The second kappa shape index (κ2) is 9.30. The summed E-state index contributed by atoms with van der Waals surface area (Å²) >= 11 is 0. The average molecular weight is 252 g/mol. The number of amides is 2. The fourth-order valence-electron chi connectivity index (χ4n) is 1.29. The van der Waals surface area contributed by atoms with Crippen molar-refractivity contribution in [1.29, 1.82) is 0 Å². The number of carbonyl (C=O) groups is 1. The standard InChI is InChI=1S/C13H20N2O3/c1-2-17-10-8-14-13(16)15-9-11-18-12-6-4-3-5-7-12/h3-7H,2,8-11H2,1H3,(H2,14,15,16). The lowest BCUT2D eigenvalue weighted by Crippen LogP contribution is -2.39. The van der Waals surface area contributed by atoms with Gasteiger partial charge >= 0.3 is 6.03 Å². The van der Waals surface area contributed by atoms with E-state index < -0.39 is 0 Å². The molecule has 2 amide bonds. The van der Waals surface area contributed by atoms with Crippen LogP contribution in [0, 0.1) is 0 Å². The van der Waals surface area contributed by atoms with Crippen LogP contribution in [0.4, 0.5) is 4.79 Å². The van der Waals surface area contributed by atoms with E-state index in [-0.39, 0.29) is 6.03 Å². The van der Waals surface area contributed by atoms with Crippen LogP contribution in [-0.2, 0) is 4.74 Å². The van der Waals surface area contributed by atoms with Gasteiger partial charge in [0, 0.05) is 13.2 Å². The molecule has 0 saturated carbocycles. The summed E-state index contributed by atoms with van der Waals surface area (Å²) in [5.41, 5.74) is 0. The van der Waals surface area contributed by atoms with Gasteiger partial charge in [0.15, 0.2) is 0 Å². The van der Waals surface area contributed by atoms with Crippen LogP contribution in [-0.4, -0.2) is 38.9 Å². The molecule has 2 N–H and O–H groups in total. The van der Waals surface area contributed by atoms with E-state index in [4.69, 9.17) is 9.47 Å². The van der Waals surface area contributed by atoms with Crippen LogP contribution in [0.3, 0.4) is 0 Å². The van der Waals surface area contributed by atoms with Crippen LogP contribution < -0.4 is 15.4 Å². The van der Waals surface area contributed by atoms with Crippen LogP contribution in [0.1, 0.15) is 6.92 Å². The Morgan fingerprint density at radius 3 is 2.44 bits per heavy atom. The lowest BCUT2D eigenvalue weighted by molar-refractivity contribution is 0.149. The highest BCUT2D eigenvalue weighted by Crippen LogP contribution is 2.07. The van der Waals surface area contributed by atoms with Gasteiger partial charge in [-0.3, -0.25) is 0 Å². The third-order valence-electron chi connectivity index (χ3n) is 2.14. The molecule has 0 aromatic heterocycles. The Kier molecular flexibility index (Phi) is 7.39. The number of hydrogen-bond acceptors (Lipinski definition) is 3. The largest absolute Gasteiger partial charge is 0.492 e. The molecule has 1 aromatic rings. The fourth-order valence-corrected chi connectivity index (χ4v) is 1.29. The smallest absolute Gasteiger partial charge is 0.314 e. The minimum Gasteiger partial charge on any atom is -0.492 e. The Morgan fingerprint density at radius 2 is 1.78 bits per heavy atom. The zero-order valence-corrected chi connectivity index (χ0v) is 10.6. The van der Waals surface area contributed by atoms with E-state index in [1.807, 2.05) is 37.3 Å². The van der Waals surface area contributed by atoms with E-state index in [0.29, 0.717) is 32.9 Å². The quantitative estimate of drug-likeness (QED) is 0.688. The van der Waals surface area contributed by atoms with Crippen LogP contribution in [0.2, 0.25) is 0 Å². The molecule has 0 bridgehead atoms. The molecule has 0 heterocycles. The van der Waals surface area contributed by atoms with Crippen molar-refractivity contribution in [3.8, 4) is 5.75 Å². The van der Waals surface area contributed by atoms with Crippen molar-refractivity contribution in [2.75, 3.05) is 32.9 Å². The number of hydrogen-bond donors (Lipinski definition) is 2. The number of carbonyl (C=O) groups excluding carboxylic acids is 1. The average Bonchev–Trinajstić information content (AvgIpc) is 2.41. The fraction of sp³-hybridized carbons (Fsp3) is 0.462. The molecule has 100 valence electrons. The first-order valence-corrected chi connectivity index (χ1v) is 6.10. The molecule has 1 aromatic carbocycles. The van der Waals surface area contributed by atoms with Gasteiger partial charge in [0.25, 0.3) is 0 Å². The van der Waals surface area contributed by atoms with E-state index in [0.717, 1.165) is 5.75 Å².